The molecular weight excluding hydrogens is 252 g/mol. The Kier molecular flexibility index (Phi) is 3.59. The van der Waals surface area contributed by atoms with Crippen molar-refractivity contribution in [3.8, 4) is 0 Å². The molecule has 1 aromatic heterocycles. The Morgan fingerprint density at radius 1 is 1.42 bits per heavy atom. The van der Waals surface area contributed by atoms with Crippen molar-refractivity contribution in [1.82, 2.24) is 10.3 Å². The number of nitrogens with zero attached hydrogens (tertiary/aromatic N) is 1. The minimum Gasteiger partial charge on any atom is -0.314 e. The van der Waals surface area contributed by atoms with Crippen molar-refractivity contribution in [3.63, 3.8) is 0 Å². The normalized spacial score (nSPS) is 27.2. The maximum atomic E-state index is 4.79. The van der Waals surface area contributed by atoms with Crippen LogP contribution in [-0.2, 0) is 6.42 Å². The van der Waals surface area contributed by atoms with Gasteiger partial charge in [-0.15, -0.1) is 11.3 Å². The number of thiazole rings is 1. The van der Waals surface area contributed by atoms with Gasteiger partial charge in [-0.3, -0.25) is 0 Å². The maximum Gasteiger partial charge on any atom is 0.0944 e. The number of fused-ring (bicyclic) bond motifs is 1. The molecule has 0 spiro atoms. The predicted octanol–water partition coefficient (Wildman–Crippen LogP) is 4.01. The van der Waals surface area contributed by atoms with Crippen molar-refractivity contribution in [2.24, 2.45) is 5.41 Å². The van der Waals surface area contributed by atoms with E-state index in [1.165, 1.54) is 29.0 Å². The third kappa shape index (κ3) is 2.82. The molecule has 2 nitrogen and oxygen atoms in total. The molecule has 1 N–H and O–H groups in total. The molecule has 2 atom stereocenters. The number of benzene rings is 1. The highest BCUT2D eigenvalue weighted by Crippen LogP contribution is 2.41. The van der Waals surface area contributed by atoms with Gasteiger partial charge in [0.25, 0.3) is 0 Å². The maximum absolute atomic E-state index is 4.79. The van der Waals surface area contributed by atoms with Gasteiger partial charge in [-0.25, -0.2) is 4.98 Å². The lowest BCUT2D eigenvalue weighted by molar-refractivity contribution is 0.322. The Hall–Kier alpha value is -0.930. The van der Waals surface area contributed by atoms with E-state index in [0.717, 1.165) is 18.5 Å². The molecule has 0 amide bonds. The van der Waals surface area contributed by atoms with E-state index in [-0.39, 0.29) is 0 Å². The van der Waals surface area contributed by atoms with Gasteiger partial charge in [-0.05, 0) is 43.4 Å². The third-order valence-electron chi connectivity index (χ3n) is 4.24. The Bertz CT molecular complexity index is 530. The smallest absolute Gasteiger partial charge is 0.0944 e. The van der Waals surface area contributed by atoms with Crippen LogP contribution >= 0.6 is 11.3 Å². The molecule has 1 aliphatic carbocycles. The summed E-state index contributed by atoms with van der Waals surface area (Å²) in [5.74, 6) is 0. The zero-order chi connectivity index (χ0) is 13.3. The highest BCUT2D eigenvalue weighted by atomic mass is 32.1. The summed E-state index contributed by atoms with van der Waals surface area (Å²) in [6.07, 6.45) is 5.06. The van der Waals surface area contributed by atoms with E-state index in [1.54, 1.807) is 0 Å². The summed E-state index contributed by atoms with van der Waals surface area (Å²) >= 11 is 1.87. The largest absolute Gasteiger partial charge is 0.314 e. The first kappa shape index (κ1) is 13.1. The topological polar surface area (TPSA) is 24.9 Å². The first-order valence-electron chi connectivity index (χ1n) is 7.26. The number of hydrogen-bond acceptors (Lipinski definition) is 3. The molecule has 1 heterocycles. The van der Waals surface area contributed by atoms with Crippen molar-refractivity contribution in [2.45, 2.75) is 45.6 Å². The summed E-state index contributed by atoms with van der Waals surface area (Å²) in [7, 11) is 0. The Labute approximate surface area is 119 Å². The molecular formula is C16H22N2S. The SMILES string of the molecule is CCNC1CCC(C)(Cc2nc3ccccc3s2)C1. The van der Waals surface area contributed by atoms with Crippen LogP contribution in [0.4, 0.5) is 0 Å². The lowest BCUT2D eigenvalue weighted by Gasteiger charge is -2.23. The van der Waals surface area contributed by atoms with Crippen molar-refractivity contribution in [2.75, 3.05) is 6.54 Å². The van der Waals surface area contributed by atoms with Crippen LogP contribution in [0.1, 0.15) is 38.1 Å². The summed E-state index contributed by atoms with van der Waals surface area (Å²) in [6.45, 7) is 5.71. The van der Waals surface area contributed by atoms with Crippen molar-refractivity contribution < 1.29 is 0 Å². The molecule has 2 aromatic rings. The lowest BCUT2D eigenvalue weighted by atomic mass is 9.85. The number of hydrogen-bond donors (Lipinski definition) is 1. The summed E-state index contributed by atoms with van der Waals surface area (Å²) in [5.41, 5.74) is 1.59. The molecule has 2 unspecified atom stereocenters. The molecule has 1 saturated carbocycles. The molecule has 3 heteroatoms. The van der Waals surface area contributed by atoms with E-state index < -0.39 is 0 Å². The second kappa shape index (κ2) is 5.22. The standard InChI is InChI=1S/C16H22N2S/c1-3-17-12-8-9-16(2,10-12)11-15-18-13-6-4-5-7-14(13)19-15/h4-7,12,17H,3,8-11H2,1-2H3. The molecule has 19 heavy (non-hydrogen) atoms. The molecule has 0 radical (unpaired) electrons. The molecule has 0 bridgehead atoms. The quantitative estimate of drug-likeness (QED) is 0.911. The highest BCUT2D eigenvalue weighted by Gasteiger charge is 2.35. The monoisotopic (exact) mass is 274 g/mol. The Morgan fingerprint density at radius 3 is 3.05 bits per heavy atom. The van der Waals surface area contributed by atoms with Crippen molar-refractivity contribution >= 4 is 21.6 Å². The molecule has 1 aliphatic rings. The summed E-state index contributed by atoms with van der Waals surface area (Å²) in [6, 6.07) is 9.18. The van der Waals surface area contributed by atoms with Crippen LogP contribution in [0.2, 0.25) is 0 Å². The van der Waals surface area contributed by atoms with E-state index in [4.69, 9.17) is 4.98 Å². The number of rotatable bonds is 4. The fraction of sp³-hybridized carbons (Fsp3) is 0.562. The molecule has 0 aliphatic heterocycles. The van der Waals surface area contributed by atoms with E-state index >= 15 is 0 Å². The van der Waals surface area contributed by atoms with Crippen LogP contribution in [0, 0.1) is 5.41 Å². The van der Waals surface area contributed by atoms with Crippen LogP contribution in [0.15, 0.2) is 24.3 Å². The van der Waals surface area contributed by atoms with E-state index in [9.17, 15) is 0 Å². The van der Waals surface area contributed by atoms with E-state index in [1.807, 2.05) is 11.3 Å². The van der Waals surface area contributed by atoms with E-state index in [2.05, 4.69) is 43.4 Å². The van der Waals surface area contributed by atoms with Crippen LogP contribution in [0.25, 0.3) is 10.2 Å². The van der Waals surface area contributed by atoms with Gasteiger partial charge in [-0.1, -0.05) is 26.0 Å². The first-order valence-corrected chi connectivity index (χ1v) is 8.08. The van der Waals surface area contributed by atoms with Crippen molar-refractivity contribution in [3.05, 3.63) is 29.3 Å². The number of aromatic nitrogens is 1. The summed E-state index contributed by atoms with van der Waals surface area (Å²) in [4.78, 5) is 4.79. The van der Waals surface area contributed by atoms with Gasteiger partial charge in [0, 0.05) is 12.5 Å². The summed E-state index contributed by atoms with van der Waals surface area (Å²) in [5, 5.41) is 4.90. The fourth-order valence-electron chi connectivity index (χ4n) is 3.31. The lowest BCUT2D eigenvalue weighted by Crippen LogP contribution is -2.28. The average molecular weight is 274 g/mol. The van der Waals surface area contributed by atoms with Gasteiger partial charge in [0.15, 0.2) is 0 Å². The molecule has 1 fully saturated rings. The van der Waals surface area contributed by atoms with Crippen LogP contribution in [-0.4, -0.2) is 17.6 Å². The van der Waals surface area contributed by atoms with Crippen molar-refractivity contribution in [1.29, 1.82) is 0 Å². The predicted molar refractivity (Wildman–Crippen MR) is 82.7 cm³/mol. The van der Waals surface area contributed by atoms with Gasteiger partial charge in [0.2, 0.25) is 0 Å². The zero-order valence-corrected chi connectivity index (χ0v) is 12.6. The Morgan fingerprint density at radius 2 is 2.26 bits per heavy atom. The second-order valence-corrected chi connectivity index (χ2v) is 7.18. The molecule has 0 saturated heterocycles. The minimum absolute atomic E-state index is 0.431. The average Bonchev–Trinajstić information content (AvgIpc) is 2.93. The second-order valence-electron chi connectivity index (χ2n) is 6.06. The van der Waals surface area contributed by atoms with Crippen LogP contribution < -0.4 is 5.32 Å². The van der Waals surface area contributed by atoms with Crippen LogP contribution in [0.3, 0.4) is 0 Å². The molecule has 102 valence electrons. The van der Waals surface area contributed by atoms with Gasteiger partial charge in [0.05, 0.1) is 15.2 Å². The van der Waals surface area contributed by atoms with Gasteiger partial charge >= 0.3 is 0 Å². The highest BCUT2D eigenvalue weighted by molar-refractivity contribution is 7.18. The molecule has 3 rings (SSSR count). The minimum atomic E-state index is 0.431. The number of nitrogens with one attached hydrogen (secondary N) is 1. The van der Waals surface area contributed by atoms with Gasteiger partial charge in [0.1, 0.15) is 0 Å². The third-order valence-corrected chi connectivity index (χ3v) is 5.28. The van der Waals surface area contributed by atoms with Gasteiger partial charge < -0.3 is 5.32 Å². The number of para-hydroxylation sites is 1. The zero-order valence-electron chi connectivity index (χ0n) is 11.8. The first-order chi connectivity index (χ1) is 9.18. The fourth-order valence-corrected chi connectivity index (χ4v) is 4.49. The van der Waals surface area contributed by atoms with E-state index in [0.29, 0.717) is 11.5 Å². The van der Waals surface area contributed by atoms with Gasteiger partial charge in [-0.2, -0.15) is 0 Å². The summed E-state index contributed by atoms with van der Waals surface area (Å²) < 4.78 is 1.32. The van der Waals surface area contributed by atoms with Crippen LogP contribution in [0.5, 0.6) is 0 Å². The molecule has 1 aromatic carbocycles. The Balaban J connectivity index is 1.74.